The van der Waals surface area contributed by atoms with Gasteiger partial charge in [0.2, 0.25) is 0 Å². The van der Waals surface area contributed by atoms with Crippen molar-refractivity contribution in [2.24, 2.45) is 0 Å². The fraction of sp³-hybridized carbons (Fsp3) is 0.444. The Balaban J connectivity index is 2.96. The van der Waals surface area contributed by atoms with E-state index in [0.29, 0.717) is 29.3 Å². The Bertz CT molecular complexity index is 281. The molecule has 1 aliphatic carbocycles. The second kappa shape index (κ2) is 4.56. The lowest BCUT2D eigenvalue weighted by Crippen LogP contribution is -2.11. The first-order valence-corrected chi connectivity index (χ1v) is 5.05. The molecule has 72 valence electrons. The van der Waals surface area contributed by atoms with E-state index in [9.17, 15) is 9.18 Å². The molecular weight excluding hydrogens is 239 g/mol. The van der Waals surface area contributed by atoms with Gasteiger partial charge in [-0.2, -0.15) is 0 Å². The average molecular weight is 249 g/mol. The van der Waals surface area contributed by atoms with E-state index in [1.807, 2.05) is 0 Å². The summed E-state index contributed by atoms with van der Waals surface area (Å²) >= 11 is 3.14. The Morgan fingerprint density at radius 3 is 3.00 bits per heavy atom. The monoisotopic (exact) mass is 248 g/mol. The van der Waals surface area contributed by atoms with Gasteiger partial charge in [-0.05, 0) is 6.42 Å². The molecule has 0 radical (unpaired) electrons. The van der Waals surface area contributed by atoms with Gasteiger partial charge in [-0.3, -0.25) is 0 Å². The van der Waals surface area contributed by atoms with Crippen molar-refractivity contribution >= 4 is 21.9 Å². The van der Waals surface area contributed by atoms with E-state index in [2.05, 4.69) is 20.7 Å². The minimum atomic E-state index is -0.468. The number of allylic oxidation sites excluding steroid dienone is 2. The van der Waals surface area contributed by atoms with Crippen LogP contribution in [0.1, 0.15) is 12.8 Å². The normalized spacial score (nSPS) is 17.0. The lowest BCUT2D eigenvalue weighted by atomic mass is 9.98. The van der Waals surface area contributed by atoms with Crippen LogP contribution in [0.2, 0.25) is 0 Å². The summed E-state index contributed by atoms with van der Waals surface area (Å²) in [6.07, 6.45) is 2.65. The summed E-state index contributed by atoms with van der Waals surface area (Å²) in [5, 5.41) is 0.347. The molecule has 0 atom stereocenters. The highest BCUT2D eigenvalue weighted by molar-refractivity contribution is 9.09. The van der Waals surface area contributed by atoms with Crippen molar-refractivity contribution in [1.82, 2.24) is 0 Å². The van der Waals surface area contributed by atoms with Crippen molar-refractivity contribution in [3.63, 3.8) is 0 Å². The van der Waals surface area contributed by atoms with Crippen LogP contribution in [0.4, 0.5) is 4.39 Å². The second-order valence-electron chi connectivity index (χ2n) is 2.67. The third-order valence-electron chi connectivity index (χ3n) is 1.90. The van der Waals surface area contributed by atoms with Gasteiger partial charge in [-0.25, -0.2) is 9.18 Å². The van der Waals surface area contributed by atoms with Crippen LogP contribution >= 0.6 is 15.9 Å². The number of alkyl halides is 1. The maximum Gasteiger partial charge on any atom is 0.337 e. The number of hydrogen-bond donors (Lipinski definition) is 0. The molecule has 0 heterocycles. The van der Waals surface area contributed by atoms with Crippen molar-refractivity contribution in [2.75, 3.05) is 12.4 Å². The van der Waals surface area contributed by atoms with Gasteiger partial charge in [-0.15, -0.1) is 0 Å². The number of rotatable bonds is 2. The molecule has 0 aromatic rings. The zero-order chi connectivity index (χ0) is 9.84. The smallest absolute Gasteiger partial charge is 0.337 e. The molecule has 4 heteroatoms. The van der Waals surface area contributed by atoms with Gasteiger partial charge in [0.1, 0.15) is 5.83 Å². The topological polar surface area (TPSA) is 26.3 Å². The summed E-state index contributed by atoms with van der Waals surface area (Å²) in [6, 6.07) is 0. The van der Waals surface area contributed by atoms with Crippen molar-refractivity contribution in [2.45, 2.75) is 12.8 Å². The zero-order valence-corrected chi connectivity index (χ0v) is 8.86. The molecule has 0 unspecified atom stereocenters. The molecule has 13 heavy (non-hydrogen) atoms. The third-order valence-corrected chi connectivity index (χ3v) is 2.46. The van der Waals surface area contributed by atoms with Gasteiger partial charge in [0.05, 0.1) is 12.7 Å². The standard InChI is InChI=1S/C9H10BrFO2/c1-13-9(12)6-3-2-4-8(11)7(6)5-10/h3H,2,4-5H2,1H3. The maximum atomic E-state index is 13.2. The van der Waals surface area contributed by atoms with E-state index in [0.717, 1.165) is 0 Å². The molecule has 0 bridgehead atoms. The summed E-state index contributed by atoms with van der Waals surface area (Å²) in [7, 11) is 1.29. The summed E-state index contributed by atoms with van der Waals surface area (Å²) in [5.74, 6) is -0.691. The number of hydrogen-bond acceptors (Lipinski definition) is 2. The predicted molar refractivity (Wildman–Crippen MR) is 51.3 cm³/mol. The fourth-order valence-corrected chi connectivity index (χ4v) is 1.83. The van der Waals surface area contributed by atoms with Crippen molar-refractivity contribution in [3.8, 4) is 0 Å². The Morgan fingerprint density at radius 2 is 2.46 bits per heavy atom. The van der Waals surface area contributed by atoms with E-state index < -0.39 is 5.97 Å². The molecule has 1 rings (SSSR count). The first-order valence-electron chi connectivity index (χ1n) is 3.93. The van der Waals surface area contributed by atoms with Gasteiger partial charge in [0.25, 0.3) is 0 Å². The number of carbonyl (C=O) groups is 1. The van der Waals surface area contributed by atoms with Crippen LogP contribution in [0.25, 0.3) is 0 Å². The van der Waals surface area contributed by atoms with Crippen molar-refractivity contribution in [3.05, 3.63) is 23.0 Å². The van der Waals surface area contributed by atoms with Crippen LogP contribution in [-0.4, -0.2) is 18.4 Å². The molecule has 0 N–H and O–H groups in total. The summed E-state index contributed by atoms with van der Waals surface area (Å²) < 4.78 is 17.7. The van der Waals surface area contributed by atoms with Crippen molar-refractivity contribution in [1.29, 1.82) is 0 Å². The summed E-state index contributed by atoms with van der Waals surface area (Å²) in [6.45, 7) is 0. The molecule has 0 aromatic heterocycles. The van der Waals surface area contributed by atoms with E-state index in [4.69, 9.17) is 0 Å². The molecule has 0 saturated carbocycles. The first-order chi connectivity index (χ1) is 6.20. The van der Waals surface area contributed by atoms with Crippen LogP contribution in [-0.2, 0) is 9.53 Å². The Labute approximate surface area is 84.6 Å². The van der Waals surface area contributed by atoms with Gasteiger partial charge >= 0.3 is 5.97 Å². The first kappa shape index (κ1) is 10.4. The molecule has 0 spiro atoms. The molecule has 0 aliphatic heterocycles. The van der Waals surface area contributed by atoms with Crippen LogP contribution < -0.4 is 0 Å². The van der Waals surface area contributed by atoms with E-state index in [1.54, 1.807) is 6.08 Å². The van der Waals surface area contributed by atoms with Crippen molar-refractivity contribution < 1.29 is 13.9 Å². The SMILES string of the molecule is COC(=O)C1=CCCC(F)=C1CBr. The van der Waals surface area contributed by atoms with Gasteiger partial charge in [0, 0.05) is 17.3 Å². The Kier molecular flexibility index (Phi) is 3.66. The second-order valence-corrected chi connectivity index (χ2v) is 3.23. The lowest BCUT2D eigenvalue weighted by Gasteiger charge is -2.13. The molecule has 0 saturated heterocycles. The molecule has 0 amide bonds. The minimum absolute atomic E-state index is 0.222. The van der Waals surface area contributed by atoms with Crippen LogP contribution in [0.15, 0.2) is 23.0 Å². The minimum Gasteiger partial charge on any atom is -0.465 e. The number of carbonyl (C=O) groups excluding carboxylic acids is 1. The lowest BCUT2D eigenvalue weighted by molar-refractivity contribution is -0.135. The molecule has 0 aromatic carbocycles. The molecular formula is C9H10BrFO2. The number of ether oxygens (including phenoxy) is 1. The number of methoxy groups -OCH3 is 1. The highest BCUT2D eigenvalue weighted by atomic mass is 79.9. The van der Waals surface area contributed by atoms with E-state index in [-0.39, 0.29) is 5.83 Å². The van der Waals surface area contributed by atoms with Crippen LogP contribution in [0.5, 0.6) is 0 Å². The van der Waals surface area contributed by atoms with Crippen LogP contribution in [0, 0.1) is 0 Å². The number of halogens is 2. The molecule has 1 aliphatic rings. The quantitative estimate of drug-likeness (QED) is 0.555. The predicted octanol–water partition coefficient (Wildman–Crippen LogP) is 2.50. The van der Waals surface area contributed by atoms with E-state index in [1.165, 1.54) is 7.11 Å². The average Bonchev–Trinajstić information content (AvgIpc) is 2.16. The largest absolute Gasteiger partial charge is 0.465 e. The zero-order valence-electron chi connectivity index (χ0n) is 7.27. The Morgan fingerprint density at radius 1 is 1.77 bits per heavy atom. The summed E-state index contributed by atoms with van der Waals surface area (Å²) in [4.78, 5) is 11.2. The molecule has 2 nitrogen and oxygen atoms in total. The van der Waals surface area contributed by atoms with E-state index >= 15 is 0 Å². The molecule has 0 fully saturated rings. The van der Waals surface area contributed by atoms with Gasteiger partial charge in [0.15, 0.2) is 0 Å². The number of esters is 1. The summed E-state index contributed by atoms with van der Waals surface area (Å²) in [5.41, 5.74) is 0.765. The highest BCUT2D eigenvalue weighted by Crippen LogP contribution is 2.28. The highest BCUT2D eigenvalue weighted by Gasteiger charge is 2.21. The van der Waals surface area contributed by atoms with Gasteiger partial charge < -0.3 is 4.74 Å². The van der Waals surface area contributed by atoms with Crippen LogP contribution in [0.3, 0.4) is 0 Å². The Hall–Kier alpha value is -0.640. The maximum absolute atomic E-state index is 13.2. The third kappa shape index (κ3) is 2.18. The fourth-order valence-electron chi connectivity index (χ4n) is 1.22. The van der Waals surface area contributed by atoms with Gasteiger partial charge in [-0.1, -0.05) is 22.0 Å².